The minimum absolute atomic E-state index is 0.00918. The van der Waals surface area contributed by atoms with Gasteiger partial charge in [-0.3, -0.25) is 19.2 Å². The second-order valence-corrected chi connectivity index (χ2v) is 21.1. The van der Waals surface area contributed by atoms with Crippen molar-refractivity contribution >= 4 is 29.2 Å². The van der Waals surface area contributed by atoms with Crippen molar-refractivity contribution in [1.29, 1.82) is 0 Å². The van der Waals surface area contributed by atoms with Gasteiger partial charge >= 0.3 is 5.97 Å². The van der Waals surface area contributed by atoms with Crippen LogP contribution >= 0.6 is 0 Å². The van der Waals surface area contributed by atoms with E-state index in [0.29, 0.717) is 83.2 Å². The average Bonchev–Trinajstić information content (AvgIpc) is 3.31. The number of carbonyl (C=O) groups excluding carboxylic acids is 5. The van der Waals surface area contributed by atoms with Crippen molar-refractivity contribution in [3.05, 3.63) is 47.6 Å². The van der Waals surface area contributed by atoms with Crippen LogP contribution in [0.2, 0.25) is 0 Å². The van der Waals surface area contributed by atoms with Crippen molar-refractivity contribution in [1.82, 2.24) is 4.90 Å². The summed E-state index contributed by atoms with van der Waals surface area (Å²) in [4.78, 5) is 72.3. The molecule has 1 saturated carbocycles. The topological polar surface area (TPSA) is 205 Å². The van der Waals surface area contributed by atoms with Gasteiger partial charge in [-0.15, -0.1) is 0 Å². The first-order chi connectivity index (χ1) is 32.8. The van der Waals surface area contributed by atoms with Crippen LogP contribution in [0.25, 0.3) is 0 Å². The van der Waals surface area contributed by atoms with Gasteiger partial charge in [0.25, 0.3) is 11.7 Å². The molecule has 5 aliphatic rings. The lowest BCUT2D eigenvalue weighted by Gasteiger charge is -2.43. The van der Waals surface area contributed by atoms with E-state index in [-0.39, 0.29) is 60.7 Å². The lowest BCUT2D eigenvalue weighted by Crippen LogP contribution is -2.61. The number of aliphatic hydroxyl groups excluding tert-OH is 2. The van der Waals surface area contributed by atoms with Gasteiger partial charge in [0.05, 0.1) is 44.2 Å². The standard InChI is InChI=1S/C54H83NO14/c1-32-15-11-10-12-16-33(2)45(67-31-40-29-66-30-40)27-41-20-18-38(7)54(63,69-41)51(60)52(61)55-22-14-13-17-42(55)53(62)68-46(35(4)25-39-19-21-43(56)47(26-39)64-8)28-44(57)34(3)24-37(6)49(59)50(65-9)48(58)36(5)23-32/h10-12,15-16,24,32,34-36,38-43,45-47,49-50,56,59,63H,13-14,17-23,25-31H2,1-9H3/b12-10+,15-11+,33-16+,37-24+/t32-,34-,35?,36-,38-,39+,41+,42+,43-,45-,46+,47-,49-,50+,54-/m1/s1. The molecule has 15 heteroatoms. The summed E-state index contributed by atoms with van der Waals surface area (Å²) in [6.45, 7) is 14.5. The Morgan fingerprint density at radius 3 is 2.28 bits per heavy atom. The third kappa shape index (κ3) is 15.1. The molecule has 0 aromatic carbocycles. The predicted octanol–water partition coefficient (Wildman–Crippen LogP) is 6.20. The largest absolute Gasteiger partial charge is 0.460 e. The van der Waals surface area contributed by atoms with Crippen molar-refractivity contribution < 1.29 is 67.7 Å². The molecule has 3 saturated heterocycles. The normalized spacial score (nSPS) is 40.0. The Kier molecular flexibility index (Phi) is 21.6. The fourth-order valence-corrected chi connectivity index (χ4v) is 10.7. The number of allylic oxidation sites excluding steroid dienone is 6. The molecular weight excluding hydrogens is 887 g/mol. The minimum atomic E-state index is -2.45. The Hall–Kier alpha value is -3.41. The molecule has 69 heavy (non-hydrogen) atoms. The van der Waals surface area contributed by atoms with E-state index in [2.05, 4.69) is 0 Å². The summed E-state index contributed by atoms with van der Waals surface area (Å²) in [6.07, 6.45) is 11.2. The molecule has 4 heterocycles. The van der Waals surface area contributed by atoms with E-state index >= 15 is 0 Å². The van der Waals surface area contributed by atoms with E-state index in [0.717, 1.165) is 12.0 Å². The van der Waals surface area contributed by atoms with Gasteiger partial charge in [-0.25, -0.2) is 4.79 Å². The molecule has 15 atom stereocenters. The molecule has 5 rings (SSSR count). The number of hydrogen-bond donors (Lipinski definition) is 3. The molecule has 4 aliphatic heterocycles. The zero-order chi connectivity index (χ0) is 50.6. The summed E-state index contributed by atoms with van der Waals surface area (Å²) in [7, 11) is 2.95. The molecule has 388 valence electrons. The number of rotatable bonds is 8. The van der Waals surface area contributed by atoms with Crippen molar-refractivity contribution in [3.8, 4) is 0 Å². The maximum Gasteiger partial charge on any atom is 0.329 e. The molecule has 1 unspecified atom stereocenters. The van der Waals surface area contributed by atoms with Crippen LogP contribution in [0.5, 0.6) is 0 Å². The molecule has 0 aromatic rings. The summed E-state index contributed by atoms with van der Waals surface area (Å²) in [5, 5.41) is 34.1. The van der Waals surface area contributed by atoms with Gasteiger partial charge < -0.3 is 48.6 Å². The van der Waals surface area contributed by atoms with Crippen LogP contribution in [-0.2, 0) is 52.4 Å². The number of nitrogens with zero attached hydrogens (tertiary/aromatic N) is 1. The smallest absolute Gasteiger partial charge is 0.329 e. The highest BCUT2D eigenvalue weighted by atomic mass is 16.6. The van der Waals surface area contributed by atoms with Crippen LogP contribution in [-0.4, -0.2) is 145 Å². The number of esters is 1. The molecular formula is C54H83NO14. The van der Waals surface area contributed by atoms with Gasteiger partial charge in [-0.1, -0.05) is 71.1 Å². The molecule has 1 aliphatic carbocycles. The lowest BCUT2D eigenvalue weighted by molar-refractivity contribution is -0.266. The molecule has 3 N–H and O–H groups in total. The summed E-state index contributed by atoms with van der Waals surface area (Å²) < 4.78 is 35.5. The van der Waals surface area contributed by atoms with Gasteiger partial charge in [-0.2, -0.15) is 0 Å². The second kappa shape index (κ2) is 26.3. The Balaban J connectivity index is 1.47. The first-order valence-corrected chi connectivity index (χ1v) is 25.6. The van der Waals surface area contributed by atoms with Gasteiger partial charge in [-0.05, 0) is 107 Å². The zero-order valence-corrected chi connectivity index (χ0v) is 42.7. The number of Topliss-reactive ketones (excluding diaryl/α,β-unsaturated/α-hetero) is 3. The third-order valence-corrected chi connectivity index (χ3v) is 15.4. The Bertz CT molecular complexity index is 1870. The predicted molar refractivity (Wildman–Crippen MR) is 258 cm³/mol. The number of cyclic esters (lactones) is 1. The summed E-state index contributed by atoms with van der Waals surface area (Å²) in [5.41, 5.74) is 1.28. The lowest BCUT2D eigenvalue weighted by atomic mass is 9.78. The highest BCUT2D eigenvalue weighted by Crippen LogP contribution is 2.38. The fourth-order valence-electron chi connectivity index (χ4n) is 10.7. The molecule has 0 radical (unpaired) electrons. The SMILES string of the molecule is CO[C@@H]1C[C@H](CC(C)[C@@H]2CC(=O)[C@H](C)/C=C(\C)[C@@H](O)[C@@H](OC)C(=O)[C@H](C)C[C@H](C)/C=C/C=C/C=C(\C)[C@H](OCC3COC3)C[C@@H]3CC[C@@H](C)[C@@](O)(O3)C(=O)C(=O)N3CCCC[C@H]3C(=O)O2)CC[C@H]1O. The molecule has 2 bridgehead atoms. The fraction of sp³-hybridized carbons (Fsp3) is 0.759. The number of aliphatic hydroxyl groups is 3. The number of amides is 1. The Morgan fingerprint density at radius 2 is 1.59 bits per heavy atom. The summed E-state index contributed by atoms with van der Waals surface area (Å²) >= 11 is 0. The van der Waals surface area contributed by atoms with Gasteiger partial charge in [0.15, 0.2) is 5.78 Å². The quantitative estimate of drug-likeness (QED) is 0.141. The molecule has 15 nitrogen and oxygen atoms in total. The number of carbonyl (C=O) groups is 5. The van der Waals surface area contributed by atoms with Crippen LogP contribution in [0, 0.1) is 41.4 Å². The first-order valence-electron chi connectivity index (χ1n) is 25.6. The van der Waals surface area contributed by atoms with Crippen LogP contribution in [0.4, 0.5) is 0 Å². The van der Waals surface area contributed by atoms with Crippen molar-refractivity contribution in [2.75, 3.05) is 40.6 Å². The Morgan fingerprint density at radius 1 is 0.855 bits per heavy atom. The Labute approximate surface area is 410 Å². The number of fused-ring (bicyclic) bond motifs is 3. The van der Waals surface area contributed by atoms with Gasteiger partial charge in [0.1, 0.15) is 30.1 Å². The van der Waals surface area contributed by atoms with Crippen LogP contribution < -0.4 is 0 Å². The van der Waals surface area contributed by atoms with E-state index < -0.39 is 83.9 Å². The van der Waals surface area contributed by atoms with Crippen LogP contribution in [0.15, 0.2) is 47.6 Å². The van der Waals surface area contributed by atoms with E-state index in [4.69, 9.17) is 28.4 Å². The molecule has 0 aromatic heterocycles. The summed E-state index contributed by atoms with van der Waals surface area (Å²) in [6, 6.07) is -1.15. The average molecular weight is 970 g/mol. The first kappa shape index (κ1) is 56.5. The number of hydrogen-bond acceptors (Lipinski definition) is 14. The highest BCUT2D eigenvalue weighted by Gasteiger charge is 2.53. The number of ether oxygens (including phenoxy) is 6. The zero-order valence-electron chi connectivity index (χ0n) is 42.7. The van der Waals surface area contributed by atoms with Crippen LogP contribution in [0.3, 0.4) is 0 Å². The van der Waals surface area contributed by atoms with Crippen molar-refractivity contribution in [2.24, 2.45) is 41.4 Å². The van der Waals surface area contributed by atoms with Crippen molar-refractivity contribution in [3.63, 3.8) is 0 Å². The molecule has 1 amide bonds. The minimum Gasteiger partial charge on any atom is -0.460 e. The van der Waals surface area contributed by atoms with Crippen molar-refractivity contribution in [2.45, 2.75) is 180 Å². The monoisotopic (exact) mass is 970 g/mol. The maximum atomic E-state index is 14.5. The van der Waals surface area contributed by atoms with Gasteiger partial charge in [0.2, 0.25) is 5.79 Å². The van der Waals surface area contributed by atoms with E-state index in [9.17, 15) is 39.3 Å². The number of ketones is 3. The molecule has 4 fully saturated rings. The maximum absolute atomic E-state index is 14.5. The molecule has 0 spiro atoms. The number of methoxy groups -OCH3 is 2. The van der Waals surface area contributed by atoms with E-state index in [1.165, 1.54) is 12.0 Å². The second-order valence-electron chi connectivity index (χ2n) is 21.1. The summed E-state index contributed by atoms with van der Waals surface area (Å²) in [5.74, 6) is -7.78. The third-order valence-electron chi connectivity index (χ3n) is 15.4. The van der Waals surface area contributed by atoms with E-state index in [1.54, 1.807) is 34.0 Å². The highest BCUT2D eigenvalue weighted by molar-refractivity contribution is 6.39. The number of piperidine rings is 1. The van der Waals surface area contributed by atoms with Crippen LogP contribution in [0.1, 0.15) is 126 Å². The van der Waals surface area contributed by atoms with E-state index in [1.807, 2.05) is 58.1 Å². The van der Waals surface area contributed by atoms with Gasteiger partial charge in [0, 0.05) is 57.3 Å².